The molecule has 2 aromatic carbocycles. The molecule has 0 heterocycles. The topological polar surface area (TPSA) is 29.5 Å². The summed E-state index contributed by atoms with van der Waals surface area (Å²) >= 11 is 3.27. The Labute approximate surface area is 120 Å². The Morgan fingerprint density at radius 1 is 1.21 bits per heavy atom. The van der Waals surface area contributed by atoms with E-state index in [-0.39, 0.29) is 5.75 Å². The van der Waals surface area contributed by atoms with Gasteiger partial charge in [0.15, 0.2) is 11.6 Å². The van der Waals surface area contributed by atoms with E-state index in [4.69, 9.17) is 4.74 Å². The van der Waals surface area contributed by atoms with Crippen LogP contribution < -0.4 is 4.74 Å². The fraction of sp³-hybridized carbons (Fsp3) is 0.200. The van der Waals surface area contributed by atoms with Gasteiger partial charge in [0.1, 0.15) is 5.75 Å². The van der Waals surface area contributed by atoms with Gasteiger partial charge in [0.05, 0.1) is 6.10 Å². The van der Waals surface area contributed by atoms with Crippen LogP contribution in [0.15, 0.2) is 46.9 Å². The second kappa shape index (κ2) is 6.17. The molecule has 0 saturated heterocycles. The Morgan fingerprint density at radius 2 is 1.95 bits per heavy atom. The van der Waals surface area contributed by atoms with Gasteiger partial charge in [-0.3, -0.25) is 0 Å². The van der Waals surface area contributed by atoms with Gasteiger partial charge in [-0.2, -0.15) is 0 Å². The van der Waals surface area contributed by atoms with Crippen LogP contribution in [0.1, 0.15) is 25.0 Å². The molecule has 0 saturated carbocycles. The molecular formula is C15H14BrFO2. The third-order valence-electron chi connectivity index (χ3n) is 2.78. The lowest BCUT2D eigenvalue weighted by Gasteiger charge is -2.15. The van der Waals surface area contributed by atoms with Crippen molar-refractivity contribution in [1.82, 2.24) is 0 Å². The van der Waals surface area contributed by atoms with Crippen molar-refractivity contribution in [3.8, 4) is 11.5 Å². The van der Waals surface area contributed by atoms with Gasteiger partial charge >= 0.3 is 0 Å². The molecule has 2 nitrogen and oxygen atoms in total. The van der Waals surface area contributed by atoms with Crippen molar-refractivity contribution in [2.75, 3.05) is 0 Å². The number of benzene rings is 2. The number of hydrogen-bond acceptors (Lipinski definition) is 2. The van der Waals surface area contributed by atoms with Crippen molar-refractivity contribution < 1.29 is 14.2 Å². The third-order valence-corrected chi connectivity index (χ3v) is 3.27. The first-order valence-corrected chi connectivity index (χ1v) is 6.81. The minimum absolute atomic E-state index is 0.130. The maximum Gasteiger partial charge on any atom is 0.165 e. The zero-order valence-electron chi connectivity index (χ0n) is 10.4. The number of aliphatic hydroxyl groups is 1. The molecule has 0 aromatic heterocycles. The molecule has 2 rings (SSSR count). The van der Waals surface area contributed by atoms with Gasteiger partial charge < -0.3 is 9.84 Å². The van der Waals surface area contributed by atoms with E-state index < -0.39 is 11.9 Å². The Balaban J connectivity index is 2.35. The minimum atomic E-state index is -0.619. The van der Waals surface area contributed by atoms with Crippen LogP contribution in [0, 0.1) is 5.82 Å². The first-order chi connectivity index (χ1) is 9.11. The molecule has 100 valence electrons. The highest BCUT2D eigenvalue weighted by atomic mass is 79.9. The SMILES string of the molecule is CC[C@@H](O)c1ccccc1Oc1cc(Br)ccc1F. The number of rotatable bonds is 4. The van der Waals surface area contributed by atoms with Crippen LogP contribution >= 0.6 is 15.9 Å². The number of halogens is 2. The lowest BCUT2D eigenvalue weighted by molar-refractivity contribution is 0.170. The average molecular weight is 325 g/mol. The van der Waals surface area contributed by atoms with Gasteiger partial charge in [-0.1, -0.05) is 41.1 Å². The molecule has 0 spiro atoms. The Kier molecular flexibility index (Phi) is 4.56. The molecule has 0 aliphatic heterocycles. The van der Waals surface area contributed by atoms with Gasteiger partial charge in [0, 0.05) is 10.0 Å². The maximum absolute atomic E-state index is 13.7. The van der Waals surface area contributed by atoms with Gasteiger partial charge in [0.2, 0.25) is 0 Å². The number of aliphatic hydroxyl groups excluding tert-OH is 1. The van der Waals surface area contributed by atoms with E-state index in [0.29, 0.717) is 17.7 Å². The number of ether oxygens (including phenoxy) is 1. The summed E-state index contributed by atoms with van der Waals surface area (Å²) in [5.41, 5.74) is 0.657. The molecule has 1 N–H and O–H groups in total. The molecule has 0 aliphatic carbocycles. The second-order valence-electron chi connectivity index (χ2n) is 4.14. The highest BCUT2D eigenvalue weighted by Crippen LogP contribution is 2.33. The van der Waals surface area contributed by atoms with Crippen LogP contribution in [0.4, 0.5) is 4.39 Å². The van der Waals surface area contributed by atoms with Crippen LogP contribution in [-0.2, 0) is 0 Å². The minimum Gasteiger partial charge on any atom is -0.454 e. The van der Waals surface area contributed by atoms with E-state index in [0.717, 1.165) is 4.47 Å². The summed E-state index contributed by atoms with van der Waals surface area (Å²) in [5, 5.41) is 9.93. The van der Waals surface area contributed by atoms with Crippen LogP contribution in [0.3, 0.4) is 0 Å². The maximum atomic E-state index is 13.7. The van der Waals surface area contributed by atoms with E-state index >= 15 is 0 Å². The second-order valence-corrected chi connectivity index (χ2v) is 5.05. The lowest BCUT2D eigenvalue weighted by atomic mass is 10.1. The van der Waals surface area contributed by atoms with E-state index in [2.05, 4.69) is 15.9 Å². The Bertz CT molecular complexity index is 572. The van der Waals surface area contributed by atoms with E-state index in [1.54, 1.807) is 30.3 Å². The fourth-order valence-electron chi connectivity index (χ4n) is 1.74. The van der Waals surface area contributed by atoms with Gasteiger partial charge in [-0.25, -0.2) is 4.39 Å². The first kappa shape index (κ1) is 14.0. The molecule has 0 fully saturated rings. The highest BCUT2D eigenvalue weighted by Gasteiger charge is 2.13. The molecule has 0 unspecified atom stereocenters. The molecule has 4 heteroatoms. The van der Waals surface area contributed by atoms with Crippen molar-refractivity contribution in [2.45, 2.75) is 19.4 Å². The summed E-state index contributed by atoms with van der Waals surface area (Å²) in [7, 11) is 0. The summed E-state index contributed by atoms with van der Waals surface area (Å²) in [6.45, 7) is 1.88. The van der Waals surface area contributed by atoms with E-state index in [9.17, 15) is 9.50 Å². The van der Waals surface area contributed by atoms with Crippen molar-refractivity contribution >= 4 is 15.9 Å². The number of para-hydroxylation sites is 1. The van der Waals surface area contributed by atoms with Gasteiger partial charge in [-0.05, 0) is 30.7 Å². The predicted molar refractivity (Wildman–Crippen MR) is 75.9 cm³/mol. The van der Waals surface area contributed by atoms with Crippen molar-refractivity contribution in [3.63, 3.8) is 0 Å². The average Bonchev–Trinajstić information content (AvgIpc) is 2.42. The van der Waals surface area contributed by atoms with Crippen LogP contribution in [0.25, 0.3) is 0 Å². The van der Waals surface area contributed by atoms with Crippen molar-refractivity contribution in [2.24, 2.45) is 0 Å². The fourth-order valence-corrected chi connectivity index (χ4v) is 2.08. The monoisotopic (exact) mass is 324 g/mol. The van der Waals surface area contributed by atoms with Crippen LogP contribution in [0.5, 0.6) is 11.5 Å². The molecular weight excluding hydrogens is 311 g/mol. The molecule has 0 aliphatic rings. The zero-order valence-corrected chi connectivity index (χ0v) is 12.0. The van der Waals surface area contributed by atoms with Crippen molar-refractivity contribution in [1.29, 1.82) is 0 Å². The largest absolute Gasteiger partial charge is 0.454 e. The molecule has 2 aromatic rings. The van der Waals surface area contributed by atoms with Crippen LogP contribution in [-0.4, -0.2) is 5.11 Å². The molecule has 1 atom stereocenters. The smallest absolute Gasteiger partial charge is 0.165 e. The predicted octanol–water partition coefficient (Wildman–Crippen LogP) is 4.82. The van der Waals surface area contributed by atoms with E-state index in [1.807, 2.05) is 13.0 Å². The summed E-state index contributed by atoms with van der Waals surface area (Å²) in [4.78, 5) is 0. The van der Waals surface area contributed by atoms with Crippen LogP contribution in [0.2, 0.25) is 0 Å². The molecule has 0 radical (unpaired) electrons. The quantitative estimate of drug-likeness (QED) is 0.873. The first-order valence-electron chi connectivity index (χ1n) is 6.01. The lowest BCUT2D eigenvalue weighted by Crippen LogP contribution is -1.99. The summed E-state index contributed by atoms with van der Waals surface area (Å²) in [6, 6.07) is 11.6. The summed E-state index contributed by atoms with van der Waals surface area (Å²) in [5.74, 6) is 0.156. The summed E-state index contributed by atoms with van der Waals surface area (Å²) < 4.78 is 20.0. The third kappa shape index (κ3) is 3.33. The summed E-state index contributed by atoms with van der Waals surface area (Å²) in [6.07, 6.45) is -0.0483. The molecule has 0 amide bonds. The Hall–Kier alpha value is -1.39. The van der Waals surface area contributed by atoms with Gasteiger partial charge in [-0.15, -0.1) is 0 Å². The van der Waals surface area contributed by atoms with Gasteiger partial charge in [0.25, 0.3) is 0 Å². The molecule has 0 bridgehead atoms. The van der Waals surface area contributed by atoms with Crippen molar-refractivity contribution in [3.05, 3.63) is 58.3 Å². The standard InChI is InChI=1S/C15H14BrFO2/c1-2-13(18)11-5-3-4-6-14(11)19-15-9-10(16)7-8-12(15)17/h3-9,13,18H,2H2,1H3/t13-/m1/s1. The number of hydrogen-bond donors (Lipinski definition) is 1. The zero-order chi connectivity index (χ0) is 13.8. The molecule has 19 heavy (non-hydrogen) atoms. The normalized spacial score (nSPS) is 12.2. The van der Waals surface area contributed by atoms with E-state index in [1.165, 1.54) is 6.07 Å². The Morgan fingerprint density at radius 3 is 2.68 bits per heavy atom. The highest BCUT2D eigenvalue weighted by molar-refractivity contribution is 9.10.